The van der Waals surface area contributed by atoms with Crippen molar-refractivity contribution in [2.24, 2.45) is 5.92 Å². The summed E-state index contributed by atoms with van der Waals surface area (Å²) in [6, 6.07) is 11.8. The van der Waals surface area contributed by atoms with Crippen LogP contribution >= 0.6 is 11.6 Å². The highest BCUT2D eigenvalue weighted by Gasteiger charge is 2.26. The molecule has 1 unspecified atom stereocenters. The second-order valence-electron chi connectivity index (χ2n) is 6.70. The highest BCUT2D eigenvalue weighted by atomic mass is 35.5. The molecule has 0 spiro atoms. The van der Waals surface area contributed by atoms with E-state index in [9.17, 15) is 4.79 Å². The molecule has 28 heavy (non-hydrogen) atoms. The zero-order chi connectivity index (χ0) is 19.7. The van der Waals surface area contributed by atoms with Crippen LogP contribution in [-0.2, 0) is 0 Å². The molecule has 1 N–H and O–H groups in total. The number of benzene rings is 2. The van der Waals surface area contributed by atoms with Crippen LogP contribution in [0.2, 0.25) is 5.02 Å². The lowest BCUT2D eigenvalue weighted by atomic mass is 10.0. The normalized spacial score (nSPS) is 13.6. The number of ether oxygens (including phenoxy) is 2. The number of fused-ring (bicyclic) bond motifs is 1. The van der Waals surface area contributed by atoms with Gasteiger partial charge in [-0.25, -0.2) is 0 Å². The van der Waals surface area contributed by atoms with Crippen LogP contribution in [0.25, 0.3) is 11.4 Å². The lowest BCUT2D eigenvalue weighted by Gasteiger charge is -2.18. The standard InChI is InChI=1S/C20H18ClN3O4/c1-11(2)17(22-19(25)13-5-3-4-6-14(13)21)20-23-18(24-28-20)12-7-8-15-16(9-12)27-10-26-15/h3-9,11,17H,10H2,1-2H3,(H,22,25). The monoisotopic (exact) mass is 399 g/mol. The Morgan fingerprint density at radius 2 is 1.93 bits per heavy atom. The van der Waals surface area contributed by atoms with E-state index >= 15 is 0 Å². The van der Waals surface area contributed by atoms with Crippen molar-refractivity contribution >= 4 is 17.5 Å². The Balaban J connectivity index is 1.58. The van der Waals surface area contributed by atoms with Crippen molar-refractivity contribution < 1.29 is 18.8 Å². The molecule has 2 heterocycles. The van der Waals surface area contributed by atoms with Gasteiger partial charge in [0, 0.05) is 5.56 Å². The largest absolute Gasteiger partial charge is 0.454 e. The van der Waals surface area contributed by atoms with Crippen molar-refractivity contribution in [3.05, 3.63) is 58.9 Å². The van der Waals surface area contributed by atoms with Crippen molar-refractivity contribution in [3.8, 4) is 22.9 Å². The van der Waals surface area contributed by atoms with E-state index < -0.39 is 6.04 Å². The molecular weight excluding hydrogens is 382 g/mol. The first-order valence-corrected chi connectivity index (χ1v) is 9.19. The van der Waals surface area contributed by atoms with Crippen molar-refractivity contribution in [1.82, 2.24) is 15.5 Å². The average Bonchev–Trinajstić information content (AvgIpc) is 3.34. The zero-order valence-electron chi connectivity index (χ0n) is 15.3. The molecule has 0 radical (unpaired) electrons. The molecule has 3 aromatic rings. The molecular formula is C20H18ClN3O4. The predicted molar refractivity (Wildman–Crippen MR) is 102 cm³/mol. The van der Waals surface area contributed by atoms with E-state index in [-0.39, 0.29) is 18.6 Å². The van der Waals surface area contributed by atoms with Crippen LogP contribution < -0.4 is 14.8 Å². The Labute approximate surface area is 166 Å². The summed E-state index contributed by atoms with van der Waals surface area (Å²) in [7, 11) is 0. The van der Waals surface area contributed by atoms with Crippen molar-refractivity contribution in [2.45, 2.75) is 19.9 Å². The SMILES string of the molecule is CC(C)C(NC(=O)c1ccccc1Cl)c1nc(-c2ccc3c(c2)OCO3)no1. The lowest BCUT2D eigenvalue weighted by molar-refractivity contribution is 0.0914. The van der Waals surface area contributed by atoms with Crippen LogP contribution in [0, 0.1) is 5.92 Å². The van der Waals surface area contributed by atoms with Crippen LogP contribution in [0.15, 0.2) is 47.0 Å². The summed E-state index contributed by atoms with van der Waals surface area (Å²) in [5.41, 5.74) is 1.13. The summed E-state index contributed by atoms with van der Waals surface area (Å²) >= 11 is 6.12. The van der Waals surface area contributed by atoms with Crippen LogP contribution in [0.4, 0.5) is 0 Å². The van der Waals surface area contributed by atoms with Crippen molar-refractivity contribution in [2.75, 3.05) is 6.79 Å². The summed E-state index contributed by atoms with van der Waals surface area (Å²) in [6.07, 6.45) is 0. The summed E-state index contributed by atoms with van der Waals surface area (Å²) in [4.78, 5) is 17.1. The van der Waals surface area contributed by atoms with Gasteiger partial charge in [0.15, 0.2) is 11.5 Å². The third-order valence-electron chi connectivity index (χ3n) is 4.41. The molecule has 0 fully saturated rings. The Morgan fingerprint density at radius 1 is 1.14 bits per heavy atom. The van der Waals surface area contributed by atoms with Crippen LogP contribution in [0.1, 0.15) is 36.1 Å². The lowest BCUT2D eigenvalue weighted by Crippen LogP contribution is -2.32. The fourth-order valence-electron chi connectivity index (χ4n) is 2.89. The number of carbonyl (C=O) groups is 1. The molecule has 2 aromatic carbocycles. The minimum Gasteiger partial charge on any atom is -0.454 e. The first-order chi connectivity index (χ1) is 13.5. The average molecular weight is 400 g/mol. The number of nitrogens with one attached hydrogen (secondary N) is 1. The second-order valence-corrected chi connectivity index (χ2v) is 7.11. The van der Waals surface area contributed by atoms with Crippen molar-refractivity contribution in [3.63, 3.8) is 0 Å². The quantitative estimate of drug-likeness (QED) is 0.690. The maximum atomic E-state index is 12.6. The minimum atomic E-state index is -0.459. The Kier molecular flexibility index (Phi) is 4.92. The number of rotatable bonds is 5. The molecule has 0 saturated carbocycles. The van der Waals surface area contributed by atoms with E-state index in [1.807, 2.05) is 19.9 Å². The summed E-state index contributed by atoms with van der Waals surface area (Å²) in [5.74, 6) is 1.77. The molecule has 1 aliphatic rings. The number of carbonyl (C=O) groups excluding carboxylic acids is 1. The van der Waals surface area contributed by atoms with Crippen LogP contribution in [0.5, 0.6) is 11.5 Å². The van der Waals surface area contributed by atoms with E-state index in [0.29, 0.717) is 33.8 Å². The van der Waals surface area contributed by atoms with Gasteiger partial charge in [-0.05, 0) is 36.2 Å². The molecule has 1 aliphatic heterocycles. The van der Waals surface area contributed by atoms with Gasteiger partial charge >= 0.3 is 0 Å². The molecule has 1 atom stereocenters. The zero-order valence-corrected chi connectivity index (χ0v) is 16.1. The van der Waals surface area contributed by atoms with Gasteiger partial charge in [-0.15, -0.1) is 0 Å². The smallest absolute Gasteiger partial charge is 0.253 e. The highest BCUT2D eigenvalue weighted by molar-refractivity contribution is 6.33. The Hall–Kier alpha value is -3.06. The van der Waals surface area contributed by atoms with Gasteiger partial charge in [0.05, 0.1) is 10.6 Å². The van der Waals surface area contributed by atoms with Gasteiger partial charge in [0.25, 0.3) is 5.91 Å². The molecule has 4 rings (SSSR count). The molecule has 0 aliphatic carbocycles. The molecule has 1 amide bonds. The second kappa shape index (κ2) is 7.52. The molecule has 0 bridgehead atoms. The fourth-order valence-corrected chi connectivity index (χ4v) is 3.11. The molecule has 1 aromatic heterocycles. The third-order valence-corrected chi connectivity index (χ3v) is 4.74. The topological polar surface area (TPSA) is 86.5 Å². The van der Waals surface area contributed by atoms with E-state index in [4.69, 9.17) is 25.6 Å². The fraction of sp³-hybridized carbons (Fsp3) is 0.250. The van der Waals surface area contributed by atoms with Gasteiger partial charge in [-0.3, -0.25) is 4.79 Å². The molecule has 8 heteroatoms. The summed E-state index contributed by atoms with van der Waals surface area (Å²) in [5, 5.41) is 7.37. The Bertz CT molecular complexity index is 1020. The number of amides is 1. The molecule has 7 nitrogen and oxygen atoms in total. The summed E-state index contributed by atoms with van der Waals surface area (Å²) in [6.45, 7) is 4.11. The minimum absolute atomic E-state index is 0.0245. The van der Waals surface area contributed by atoms with Crippen LogP contribution in [-0.4, -0.2) is 22.8 Å². The van der Waals surface area contributed by atoms with Gasteiger partial charge in [-0.1, -0.05) is 42.7 Å². The van der Waals surface area contributed by atoms with E-state index in [0.717, 1.165) is 5.56 Å². The van der Waals surface area contributed by atoms with E-state index in [2.05, 4.69) is 15.5 Å². The van der Waals surface area contributed by atoms with Crippen LogP contribution in [0.3, 0.4) is 0 Å². The maximum absolute atomic E-state index is 12.6. The summed E-state index contributed by atoms with van der Waals surface area (Å²) < 4.78 is 16.2. The predicted octanol–water partition coefficient (Wildman–Crippen LogP) is 4.25. The van der Waals surface area contributed by atoms with Gasteiger partial charge in [0.1, 0.15) is 6.04 Å². The number of halogens is 1. The number of hydrogen-bond acceptors (Lipinski definition) is 6. The molecule has 0 saturated heterocycles. The Morgan fingerprint density at radius 3 is 2.71 bits per heavy atom. The third kappa shape index (κ3) is 3.53. The van der Waals surface area contributed by atoms with Gasteiger partial charge < -0.3 is 19.3 Å². The number of hydrogen-bond donors (Lipinski definition) is 1. The van der Waals surface area contributed by atoms with Gasteiger partial charge in [0.2, 0.25) is 18.5 Å². The number of aromatic nitrogens is 2. The molecule has 144 valence electrons. The number of nitrogens with zero attached hydrogens (tertiary/aromatic N) is 2. The van der Waals surface area contributed by atoms with Crippen molar-refractivity contribution in [1.29, 1.82) is 0 Å². The van der Waals surface area contributed by atoms with E-state index in [1.54, 1.807) is 36.4 Å². The van der Waals surface area contributed by atoms with Gasteiger partial charge in [-0.2, -0.15) is 4.98 Å². The highest BCUT2D eigenvalue weighted by Crippen LogP contribution is 2.35. The maximum Gasteiger partial charge on any atom is 0.253 e. The first kappa shape index (κ1) is 18.3. The first-order valence-electron chi connectivity index (χ1n) is 8.82. The van der Waals surface area contributed by atoms with E-state index in [1.165, 1.54) is 0 Å².